The molecule has 1 rings (SSSR count). The monoisotopic (exact) mass is 161 g/mol. The summed E-state index contributed by atoms with van der Waals surface area (Å²) in [7, 11) is 0. The number of Topliss-reactive ketones (excluding diaryl/α,β-unsaturated/α-hetero) is 1. The van der Waals surface area contributed by atoms with Gasteiger partial charge < -0.3 is 0 Å². The Bertz CT molecular complexity index is 301. The molecule has 0 atom stereocenters. The number of pyridine rings is 1. The Hall–Kier alpha value is -1.44. The zero-order valence-corrected chi connectivity index (χ0v) is 7.24. The zero-order chi connectivity index (χ0) is 8.97. The molecule has 62 valence electrons. The number of aromatic nitrogens is 1. The molecule has 0 saturated carbocycles. The van der Waals surface area contributed by atoms with E-state index in [0.29, 0.717) is 0 Å². The molecular formula is C10H11NO. The van der Waals surface area contributed by atoms with Crippen LogP contribution in [-0.4, -0.2) is 10.8 Å². The fourth-order valence-corrected chi connectivity index (χ4v) is 1.10. The van der Waals surface area contributed by atoms with E-state index in [1.807, 2.05) is 25.1 Å². The Morgan fingerprint density at radius 3 is 2.42 bits per heavy atom. The third-order valence-electron chi connectivity index (χ3n) is 1.66. The van der Waals surface area contributed by atoms with Gasteiger partial charge in [-0.05, 0) is 31.5 Å². The quantitative estimate of drug-likeness (QED) is 0.621. The van der Waals surface area contributed by atoms with Crippen LogP contribution in [0.3, 0.4) is 0 Å². The first-order valence-electron chi connectivity index (χ1n) is 3.83. The van der Waals surface area contributed by atoms with Crippen LogP contribution in [0, 0.1) is 0 Å². The van der Waals surface area contributed by atoms with Gasteiger partial charge in [-0.15, -0.1) is 0 Å². The molecule has 0 bridgehead atoms. The van der Waals surface area contributed by atoms with Crippen molar-refractivity contribution in [2.75, 3.05) is 0 Å². The van der Waals surface area contributed by atoms with Crippen molar-refractivity contribution >= 4 is 11.4 Å². The Labute approximate surface area is 71.9 Å². The summed E-state index contributed by atoms with van der Waals surface area (Å²) in [4.78, 5) is 15.0. The second kappa shape index (κ2) is 3.81. The molecule has 2 heteroatoms. The van der Waals surface area contributed by atoms with Gasteiger partial charge in [0.05, 0.1) is 0 Å². The van der Waals surface area contributed by atoms with E-state index in [1.54, 1.807) is 19.3 Å². The molecule has 0 unspecified atom stereocenters. The molecule has 0 aliphatic rings. The van der Waals surface area contributed by atoms with Crippen molar-refractivity contribution in [3.63, 3.8) is 0 Å². The highest BCUT2D eigenvalue weighted by molar-refractivity contribution is 6.19. The molecule has 0 spiro atoms. The highest BCUT2D eigenvalue weighted by Crippen LogP contribution is 2.13. The van der Waals surface area contributed by atoms with Crippen LogP contribution in [0.15, 0.2) is 30.6 Å². The molecule has 0 aromatic carbocycles. The molecular weight excluding hydrogens is 150 g/mol. The van der Waals surface area contributed by atoms with E-state index in [4.69, 9.17) is 0 Å². The van der Waals surface area contributed by atoms with Gasteiger partial charge in [-0.2, -0.15) is 0 Å². The van der Waals surface area contributed by atoms with Gasteiger partial charge in [-0.3, -0.25) is 9.78 Å². The number of carbonyl (C=O) groups excluding carboxylic acids is 1. The Morgan fingerprint density at radius 2 is 2.00 bits per heavy atom. The summed E-state index contributed by atoms with van der Waals surface area (Å²) >= 11 is 0. The first-order valence-corrected chi connectivity index (χ1v) is 3.83. The normalized spacial score (nSPS) is 11.3. The average molecular weight is 161 g/mol. The molecule has 1 aromatic heterocycles. The number of nitrogens with zero attached hydrogens (tertiary/aromatic N) is 1. The van der Waals surface area contributed by atoms with Crippen LogP contribution in [0.2, 0.25) is 0 Å². The van der Waals surface area contributed by atoms with Crippen molar-refractivity contribution < 1.29 is 4.79 Å². The van der Waals surface area contributed by atoms with Crippen LogP contribution in [0.5, 0.6) is 0 Å². The smallest absolute Gasteiger partial charge is 0.160 e. The van der Waals surface area contributed by atoms with Gasteiger partial charge in [0.2, 0.25) is 0 Å². The van der Waals surface area contributed by atoms with Crippen LogP contribution >= 0.6 is 0 Å². The fraction of sp³-hybridized carbons (Fsp3) is 0.200. The molecule has 2 nitrogen and oxygen atoms in total. The average Bonchev–Trinajstić information content (AvgIpc) is 2.07. The number of ketones is 1. The Kier molecular flexibility index (Phi) is 2.75. The van der Waals surface area contributed by atoms with E-state index in [2.05, 4.69) is 4.98 Å². The van der Waals surface area contributed by atoms with Gasteiger partial charge >= 0.3 is 0 Å². The molecule has 0 aliphatic heterocycles. The van der Waals surface area contributed by atoms with Gasteiger partial charge in [0.1, 0.15) is 0 Å². The lowest BCUT2D eigenvalue weighted by Gasteiger charge is -2.00. The standard InChI is InChI=1S/C10H11NO/c1-3-10(8(2)12)9-4-6-11-7-5-9/h3-7H,1-2H3. The second-order valence-corrected chi connectivity index (χ2v) is 2.49. The van der Waals surface area contributed by atoms with Gasteiger partial charge in [0.15, 0.2) is 5.78 Å². The van der Waals surface area contributed by atoms with Gasteiger partial charge in [0, 0.05) is 18.0 Å². The lowest BCUT2D eigenvalue weighted by molar-refractivity contribution is -0.111. The van der Waals surface area contributed by atoms with Gasteiger partial charge in [-0.25, -0.2) is 0 Å². The van der Waals surface area contributed by atoms with Crippen LogP contribution in [0.4, 0.5) is 0 Å². The first-order chi connectivity index (χ1) is 5.75. The lowest BCUT2D eigenvalue weighted by atomic mass is 10.0. The van der Waals surface area contributed by atoms with Crippen molar-refractivity contribution in [3.8, 4) is 0 Å². The molecule has 12 heavy (non-hydrogen) atoms. The van der Waals surface area contributed by atoms with Crippen molar-refractivity contribution in [1.82, 2.24) is 4.98 Å². The number of allylic oxidation sites excluding steroid dienone is 2. The lowest BCUT2D eigenvalue weighted by Crippen LogP contribution is -1.95. The molecule has 1 aromatic rings. The third kappa shape index (κ3) is 1.78. The predicted molar refractivity (Wildman–Crippen MR) is 48.6 cm³/mol. The molecule has 0 fully saturated rings. The summed E-state index contributed by atoms with van der Waals surface area (Å²) in [5, 5.41) is 0. The SMILES string of the molecule is CC=C(C(C)=O)c1ccncc1. The van der Waals surface area contributed by atoms with Gasteiger partial charge in [0.25, 0.3) is 0 Å². The van der Waals surface area contributed by atoms with E-state index in [0.717, 1.165) is 11.1 Å². The number of rotatable bonds is 2. The Morgan fingerprint density at radius 1 is 1.42 bits per heavy atom. The maximum atomic E-state index is 11.1. The first kappa shape index (κ1) is 8.65. The van der Waals surface area contributed by atoms with Crippen molar-refractivity contribution in [2.45, 2.75) is 13.8 Å². The van der Waals surface area contributed by atoms with Crippen LogP contribution in [-0.2, 0) is 4.79 Å². The van der Waals surface area contributed by atoms with Gasteiger partial charge in [-0.1, -0.05) is 6.08 Å². The molecule has 0 amide bonds. The minimum absolute atomic E-state index is 0.0868. The van der Waals surface area contributed by atoms with Crippen molar-refractivity contribution in [3.05, 3.63) is 36.2 Å². The molecule has 0 aliphatic carbocycles. The van der Waals surface area contributed by atoms with Crippen LogP contribution in [0.25, 0.3) is 5.57 Å². The maximum Gasteiger partial charge on any atom is 0.160 e. The number of hydrogen-bond acceptors (Lipinski definition) is 2. The second-order valence-electron chi connectivity index (χ2n) is 2.49. The molecule has 1 heterocycles. The number of hydrogen-bond donors (Lipinski definition) is 0. The molecule has 0 N–H and O–H groups in total. The van der Waals surface area contributed by atoms with Crippen LogP contribution < -0.4 is 0 Å². The van der Waals surface area contributed by atoms with E-state index in [9.17, 15) is 4.79 Å². The maximum absolute atomic E-state index is 11.1. The van der Waals surface area contributed by atoms with E-state index in [1.165, 1.54) is 0 Å². The highest BCUT2D eigenvalue weighted by Gasteiger charge is 2.03. The van der Waals surface area contributed by atoms with Crippen molar-refractivity contribution in [2.24, 2.45) is 0 Å². The minimum atomic E-state index is 0.0868. The third-order valence-corrected chi connectivity index (χ3v) is 1.66. The summed E-state index contributed by atoms with van der Waals surface area (Å²) in [6.07, 6.45) is 5.18. The fourth-order valence-electron chi connectivity index (χ4n) is 1.10. The summed E-state index contributed by atoms with van der Waals surface area (Å²) in [6, 6.07) is 3.66. The summed E-state index contributed by atoms with van der Waals surface area (Å²) in [6.45, 7) is 3.42. The molecule has 0 saturated heterocycles. The summed E-state index contributed by atoms with van der Waals surface area (Å²) in [5.74, 6) is 0.0868. The zero-order valence-electron chi connectivity index (χ0n) is 7.24. The predicted octanol–water partition coefficient (Wildman–Crippen LogP) is 2.07. The minimum Gasteiger partial charge on any atom is -0.295 e. The van der Waals surface area contributed by atoms with Crippen LogP contribution in [0.1, 0.15) is 19.4 Å². The Balaban J connectivity index is 3.05. The summed E-state index contributed by atoms with van der Waals surface area (Å²) in [5.41, 5.74) is 1.68. The molecule has 0 radical (unpaired) electrons. The summed E-state index contributed by atoms with van der Waals surface area (Å²) < 4.78 is 0. The topological polar surface area (TPSA) is 30.0 Å². The van der Waals surface area contributed by atoms with Crippen molar-refractivity contribution in [1.29, 1.82) is 0 Å². The highest BCUT2D eigenvalue weighted by atomic mass is 16.1. The van der Waals surface area contributed by atoms with E-state index >= 15 is 0 Å². The largest absolute Gasteiger partial charge is 0.295 e. The van der Waals surface area contributed by atoms with E-state index < -0.39 is 0 Å². The van der Waals surface area contributed by atoms with E-state index in [-0.39, 0.29) is 5.78 Å². The number of carbonyl (C=O) groups is 1.